The summed E-state index contributed by atoms with van der Waals surface area (Å²) in [6.45, 7) is 8.05. The van der Waals surface area contributed by atoms with Crippen molar-refractivity contribution in [2.75, 3.05) is 0 Å². The molecule has 1 aromatic heterocycles. The number of hydrogen-bond donors (Lipinski definition) is 1. The van der Waals surface area contributed by atoms with Gasteiger partial charge in [0.15, 0.2) is 5.82 Å². The standard InChI is InChI=1S/C17H19BN2O4/c1-16(2)17(3,4)24-18(23-16)13-7-5-11(6-8-13)14-19-9-12(10-20-14)15(21)22/h5-10H,1-4H3,(H,21,22). The molecule has 0 bridgehead atoms. The highest BCUT2D eigenvalue weighted by Gasteiger charge is 2.51. The summed E-state index contributed by atoms with van der Waals surface area (Å²) in [5, 5.41) is 8.88. The summed E-state index contributed by atoms with van der Waals surface area (Å²) in [5.41, 5.74) is 1.01. The number of aromatic carboxylic acids is 1. The molecule has 1 saturated heterocycles. The van der Waals surface area contributed by atoms with Crippen LogP contribution in [0.25, 0.3) is 11.4 Å². The third-order valence-corrected chi connectivity index (χ3v) is 4.59. The van der Waals surface area contributed by atoms with Crippen molar-refractivity contribution in [2.45, 2.75) is 38.9 Å². The Morgan fingerprint density at radius 1 is 1.00 bits per heavy atom. The van der Waals surface area contributed by atoms with Crippen molar-refractivity contribution in [3.63, 3.8) is 0 Å². The molecular formula is C17H19BN2O4. The molecule has 1 N–H and O–H groups in total. The molecule has 2 heterocycles. The topological polar surface area (TPSA) is 81.5 Å². The predicted molar refractivity (Wildman–Crippen MR) is 90.1 cm³/mol. The Hall–Kier alpha value is -2.25. The molecule has 0 aliphatic carbocycles. The first-order chi connectivity index (χ1) is 11.2. The van der Waals surface area contributed by atoms with Crippen LogP contribution >= 0.6 is 0 Å². The van der Waals surface area contributed by atoms with Crippen molar-refractivity contribution in [3.8, 4) is 11.4 Å². The summed E-state index contributed by atoms with van der Waals surface area (Å²) >= 11 is 0. The fourth-order valence-electron chi connectivity index (χ4n) is 2.36. The zero-order valence-electron chi connectivity index (χ0n) is 14.1. The number of benzene rings is 1. The smallest absolute Gasteiger partial charge is 0.478 e. The second-order valence-corrected chi connectivity index (χ2v) is 6.81. The normalized spacial score (nSPS) is 18.6. The van der Waals surface area contributed by atoms with Crippen molar-refractivity contribution < 1.29 is 19.2 Å². The third kappa shape index (κ3) is 2.92. The van der Waals surface area contributed by atoms with Gasteiger partial charge in [0.25, 0.3) is 0 Å². The summed E-state index contributed by atoms with van der Waals surface area (Å²) in [4.78, 5) is 19.0. The number of hydrogen-bond acceptors (Lipinski definition) is 5. The maximum atomic E-state index is 10.8. The Labute approximate surface area is 141 Å². The number of carboxylic acids is 1. The van der Waals surface area contributed by atoms with Crippen LogP contribution in [0.3, 0.4) is 0 Å². The minimum Gasteiger partial charge on any atom is -0.478 e. The van der Waals surface area contributed by atoms with Gasteiger partial charge in [0.1, 0.15) is 0 Å². The van der Waals surface area contributed by atoms with Crippen molar-refractivity contribution >= 4 is 18.6 Å². The van der Waals surface area contributed by atoms with Gasteiger partial charge in [-0.05, 0) is 33.2 Å². The van der Waals surface area contributed by atoms with E-state index in [9.17, 15) is 4.79 Å². The second-order valence-electron chi connectivity index (χ2n) is 6.81. The van der Waals surface area contributed by atoms with E-state index < -0.39 is 13.1 Å². The molecule has 6 nitrogen and oxygen atoms in total. The lowest BCUT2D eigenvalue weighted by atomic mass is 9.79. The monoisotopic (exact) mass is 326 g/mol. The van der Waals surface area contributed by atoms with Gasteiger partial charge in [0.05, 0.1) is 16.8 Å². The van der Waals surface area contributed by atoms with Gasteiger partial charge < -0.3 is 14.4 Å². The first-order valence-corrected chi connectivity index (χ1v) is 7.71. The summed E-state index contributed by atoms with van der Waals surface area (Å²) in [7, 11) is -0.417. The average molecular weight is 326 g/mol. The summed E-state index contributed by atoms with van der Waals surface area (Å²) in [5.74, 6) is -0.571. The second kappa shape index (κ2) is 5.68. The quantitative estimate of drug-likeness (QED) is 0.871. The van der Waals surface area contributed by atoms with Gasteiger partial charge in [-0.15, -0.1) is 0 Å². The maximum Gasteiger partial charge on any atom is 0.494 e. The van der Waals surface area contributed by atoms with Crippen molar-refractivity contribution in [1.82, 2.24) is 9.97 Å². The number of carboxylic acid groups (broad SMARTS) is 1. The highest BCUT2D eigenvalue weighted by atomic mass is 16.7. The Morgan fingerprint density at radius 3 is 1.96 bits per heavy atom. The molecule has 0 saturated carbocycles. The molecule has 0 spiro atoms. The van der Waals surface area contributed by atoms with E-state index in [0.29, 0.717) is 5.82 Å². The fraction of sp³-hybridized carbons (Fsp3) is 0.353. The van der Waals surface area contributed by atoms with Crippen molar-refractivity contribution in [2.24, 2.45) is 0 Å². The molecule has 124 valence electrons. The lowest BCUT2D eigenvalue weighted by Crippen LogP contribution is -2.41. The molecule has 7 heteroatoms. The number of aromatic nitrogens is 2. The fourth-order valence-corrected chi connectivity index (χ4v) is 2.36. The van der Waals surface area contributed by atoms with Crippen molar-refractivity contribution in [3.05, 3.63) is 42.2 Å². The van der Waals surface area contributed by atoms with E-state index in [-0.39, 0.29) is 16.8 Å². The van der Waals surface area contributed by atoms with Gasteiger partial charge in [-0.1, -0.05) is 24.3 Å². The molecule has 1 aliphatic rings. The molecule has 24 heavy (non-hydrogen) atoms. The molecule has 0 atom stereocenters. The summed E-state index contributed by atoms with van der Waals surface area (Å²) in [6.07, 6.45) is 2.60. The van der Waals surface area contributed by atoms with E-state index in [4.69, 9.17) is 14.4 Å². The van der Waals surface area contributed by atoms with Gasteiger partial charge in [0, 0.05) is 18.0 Å². The zero-order chi connectivity index (χ0) is 17.5. The van der Waals surface area contributed by atoms with Crippen LogP contribution in [0.1, 0.15) is 38.1 Å². The van der Waals surface area contributed by atoms with E-state index in [0.717, 1.165) is 11.0 Å². The molecule has 2 aromatic rings. The van der Waals surface area contributed by atoms with E-state index in [1.54, 1.807) is 0 Å². The van der Waals surface area contributed by atoms with E-state index in [1.807, 2.05) is 52.0 Å². The van der Waals surface area contributed by atoms with Gasteiger partial charge >= 0.3 is 13.1 Å². The van der Waals surface area contributed by atoms with Gasteiger partial charge in [-0.25, -0.2) is 14.8 Å². The maximum absolute atomic E-state index is 10.8. The van der Waals surface area contributed by atoms with Crippen LogP contribution < -0.4 is 5.46 Å². The van der Waals surface area contributed by atoms with Crippen LogP contribution in [0, 0.1) is 0 Å². The van der Waals surface area contributed by atoms with Crippen LogP contribution in [0.2, 0.25) is 0 Å². The number of nitrogens with zero attached hydrogens (tertiary/aromatic N) is 2. The molecular weight excluding hydrogens is 307 g/mol. The zero-order valence-corrected chi connectivity index (χ0v) is 14.1. The Kier molecular flexibility index (Phi) is 3.93. The molecule has 1 fully saturated rings. The third-order valence-electron chi connectivity index (χ3n) is 4.59. The van der Waals surface area contributed by atoms with Gasteiger partial charge in [-0.3, -0.25) is 0 Å². The lowest BCUT2D eigenvalue weighted by molar-refractivity contribution is 0.00578. The first-order valence-electron chi connectivity index (χ1n) is 7.71. The van der Waals surface area contributed by atoms with E-state index in [2.05, 4.69) is 9.97 Å². The van der Waals surface area contributed by atoms with Crippen LogP contribution in [-0.2, 0) is 9.31 Å². The predicted octanol–water partition coefficient (Wildman–Crippen LogP) is 2.14. The Balaban J connectivity index is 1.80. The number of carbonyl (C=O) groups is 1. The molecule has 3 rings (SSSR count). The highest BCUT2D eigenvalue weighted by Crippen LogP contribution is 2.36. The minimum atomic E-state index is -1.04. The van der Waals surface area contributed by atoms with Crippen molar-refractivity contribution in [1.29, 1.82) is 0 Å². The molecule has 0 radical (unpaired) electrons. The van der Waals surface area contributed by atoms with E-state index >= 15 is 0 Å². The first kappa shape index (κ1) is 16.6. The van der Waals surface area contributed by atoms with Gasteiger partial charge in [0.2, 0.25) is 0 Å². The largest absolute Gasteiger partial charge is 0.494 e. The SMILES string of the molecule is CC1(C)OB(c2ccc(-c3ncc(C(=O)O)cn3)cc2)OC1(C)C. The molecule has 0 unspecified atom stereocenters. The molecule has 0 amide bonds. The van der Waals surface area contributed by atoms with Gasteiger partial charge in [-0.2, -0.15) is 0 Å². The summed E-state index contributed by atoms with van der Waals surface area (Å²) in [6, 6.07) is 7.56. The lowest BCUT2D eigenvalue weighted by Gasteiger charge is -2.32. The van der Waals surface area contributed by atoms with Crippen LogP contribution in [0.15, 0.2) is 36.7 Å². The van der Waals surface area contributed by atoms with Crippen LogP contribution in [0.5, 0.6) is 0 Å². The summed E-state index contributed by atoms with van der Waals surface area (Å²) < 4.78 is 12.0. The van der Waals surface area contributed by atoms with Crippen LogP contribution in [0.4, 0.5) is 0 Å². The molecule has 1 aromatic carbocycles. The number of rotatable bonds is 3. The molecule has 1 aliphatic heterocycles. The van der Waals surface area contributed by atoms with Crippen LogP contribution in [-0.4, -0.2) is 39.4 Å². The Bertz CT molecular complexity index is 741. The highest BCUT2D eigenvalue weighted by molar-refractivity contribution is 6.62. The van der Waals surface area contributed by atoms with E-state index in [1.165, 1.54) is 12.4 Å². The Morgan fingerprint density at radius 2 is 1.50 bits per heavy atom. The minimum absolute atomic E-state index is 0.0626. The average Bonchev–Trinajstić information content (AvgIpc) is 2.76.